The number of Topliss-reactive ketones (excluding diaryl/α,β-unsaturated/α-hetero) is 1. The van der Waals surface area contributed by atoms with Crippen molar-refractivity contribution < 1.29 is 40.3 Å². The van der Waals surface area contributed by atoms with E-state index in [0.717, 1.165) is 0 Å². The van der Waals surface area contributed by atoms with Gasteiger partial charge in [0.05, 0.1) is 5.56 Å². The Morgan fingerprint density at radius 3 is 2.21 bits per heavy atom. The second kappa shape index (κ2) is 3.61. The molecule has 0 fully saturated rings. The zero-order valence-corrected chi connectivity index (χ0v) is 8.69. The Bertz CT molecular complexity index is 547. The first-order valence-electron chi connectivity index (χ1n) is 4.67. The zero-order valence-electron chi connectivity index (χ0n) is 8.69. The van der Waals surface area contributed by atoms with Crippen molar-refractivity contribution >= 4 is 5.78 Å². The van der Waals surface area contributed by atoms with E-state index in [0.29, 0.717) is 12.1 Å². The molecule has 2 nitrogen and oxygen atoms in total. The lowest BCUT2D eigenvalue weighted by molar-refractivity contribution is -0.296. The van der Waals surface area contributed by atoms with Gasteiger partial charge in [0.25, 0.3) is 5.78 Å². The van der Waals surface area contributed by atoms with Crippen LogP contribution in [0.2, 0.25) is 0 Å². The highest BCUT2D eigenvalue weighted by Gasteiger charge is 2.66. The minimum atomic E-state index is -5.29. The van der Waals surface area contributed by atoms with Crippen molar-refractivity contribution in [3.8, 4) is 5.75 Å². The molecule has 0 unspecified atom stereocenters. The maximum atomic E-state index is 13.2. The van der Waals surface area contributed by atoms with Crippen LogP contribution in [0.1, 0.15) is 15.9 Å². The van der Waals surface area contributed by atoms with E-state index >= 15 is 0 Å². The molecule has 0 atom stereocenters. The molecule has 0 aliphatic carbocycles. The quantitative estimate of drug-likeness (QED) is 0.584. The van der Waals surface area contributed by atoms with Crippen molar-refractivity contribution in [1.82, 2.24) is 0 Å². The van der Waals surface area contributed by atoms with Gasteiger partial charge in [-0.25, -0.2) is 0 Å². The summed E-state index contributed by atoms with van der Waals surface area (Å²) in [5.74, 6) is -8.17. The summed E-state index contributed by atoms with van der Waals surface area (Å²) in [4.78, 5) is 10.8. The second-order valence-corrected chi connectivity index (χ2v) is 3.73. The largest absolute Gasteiger partial charge is 0.469 e. The molecular formula is C10H3F7O2. The molecular weight excluding hydrogens is 285 g/mol. The van der Waals surface area contributed by atoms with Gasteiger partial charge in [-0.05, 0) is 18.2 Å². The number of rotatable bonds is 1. The summed E-state index contributed by atoms with van der Waals surface area (Å²) in [5, 5.41) is 0. The predicted octanol–water partition coefficient (Wildman–Crippen LogP) is 3.51. The third-order valence-corrected chi connectivity index (χ3v) is 2.44. The van der Waals surface area contributed by atoms with Crippen LogP contribution in [-0.2, 0) is 5.92 Å². The van der Waals surface area contributed by atoms with Gasteiger partial charge in [0, 0.05) is 5.56 Å². The lowest BCUT2D eigenvalue weighted by atomic mass is 10.0. The fourth-order valence-electron chi connectivity index (χ4n) is 1.53. The van der Waals surface area contributed by atoms with Crippen molar-refractivity contribution in [2.45, 2.75) is 18.2 Å². The van der Waals surface area contributed by atoms with E-state index in [4.69, 9.17) is 0 Å². The normalized spacial score (nSPS) is 19.7. The molecule has 1 aromatic carbocycles. The maximum absolute atomic E-state index is 13.2. The minimum Gasteiger partial charge on any atom is -0.427 e. The van der Waals surface area contributed by atoms with E-state index in [1.54, 1.807) is 0 Å². The molecule has 0 spiro atoms. The molecule has 9 heteroatoms. The number of halogens is 7. The SMILES string of the molecule is O=C(c1ccc2c(c1)C(F)(F)C(F)(F)O2)C(F)(F)F. The van der Waals surface area contributed by atoms with Gasteiger partial charge in [0.2, 0.25) is 0 Å². The Hall–Kier alpha value is -1.80. The van der Waals surface area contributed by atoms with E-state index < -0.39 is 40.9 Å². The van der Waals surface area contributed by atoms with Gasteiger partial charge < -0.3 is 4.74 Å². The topological polar surface area (TPSA) is 26.3 Å². The number of carbonyl (C=O) groups is 1. The average molecular weight is 288 g/mol. The molecule has 19 heavy (non-hydrogen) atoms. The molecule has 1 aliphatic heterocycles. The highest BCUT2D eigenvalue weighted by atomic mass is 19.4. The molecule has 0 saturated heterocycles. The maximum Gasteiger partial charge on any atom is 0.469 e. The number of fused-ring (bicyclic) bond motifs is 1. The molecule has 0 aromatic heterocycles. The molecule has 104 valence electrons. The molecule has 0 bridgehead atoms. The first kappa shape index (κ1) is 13.6. The van der Waals surface area contributed by atoms with Crippen molar-refractivity contribution in [2.24, 2.45) is 0 Å². The number of ketones is 1. The average Bonchev–Trinajstić information content (AvgIpc) is 2.43. The number of hydrogen-bond donors (Lipinski definition) is 0. The fraction of sp³-hybridized carbons (Fsp3) is 0.300. The summed E-state index contributed by atoms with van der Waals surface area (Å²) in [6.07, 6.45) is -10.2. The highest BCUT2D eigenvalue weighted by molar-refractivity contribution is 6.00. The van der Waals surface area contributed by atoms with E-state index in [1.807, 2.05) is 0 Å². The van der Waals surface area contributed by atoms with Gasteiger partial charge in [0.15, 0.2) is 0 Å². The number of carbonyl (C=O) groups excluding carboxylic acids is 1. The van der Waals surface area contributed by atoms with Crippen LogP contribution in [0.5, 0.6) is 5.75 Å². The summed E-state index contributed by atoms with van der Waals surface area (Å²) >= 11 is 0. The predicted molar refractivity (Wildman–Crippen MR) is 46.3 cm³/mol. The molecule has 0 N–H and O–H groups in total. The Balaban J connectivity index is 2.51. The van der Waals surface area contributed by atoms with Crippen molar-refractivity contribution in [2.75, 3.05) is 0 Å². The Morgan fingerprint density at radius 1 is 1.11 bits per heavy atom. The van der Waals surface area contributed by atoms with Crippen LogP contribution >= 0.6 is 0 Å². The smallest absolute Gasteiger partial charge is 0.427 e. The van der Waals surface area contributed by atoms with Gasteiger partial charge in [-0.1, -0.05) is 0 Å². The number of ether oxygens (including phenoxy) is 1. The highest BCUT2D eigenvalue weighted by Crippen LogP contribution is 2.53. The van der Waals surface area contributed by atoms with Crippen LogP contribution in [0, 0.1) is 0 Å². The van der Waals surface area contributed by atoms with Gasteiger partial charge in [-0.3, -0.25) is 4.79 Å². The van der Waals surface area contributed by atoms with Gasteiger partial charge in [0.1, 0.15) is 5.75 Å². The minimum absolute atomic E-state index is 0.0616. The summed E-state index contributed by atoms with van der Waals surface area (Å²) in [6, 6.07) is 1.03. The lowest BCUT2D eigenvalue weighted by Gasteiger charge is -2.16. The molecule has 2 rings (SSSR count). The number of hydrogen-bond acceptors (Lipinski definition) is 2. The van der Waals surface area contributed by atoms with E-state index in [2.05, 4.69) is 4.74 Å². The van der Waals surface area contributed by atoms with Gasteiger partial charge in [-0.15, -0.1) is 0 Å². The zero-order chi connectivity index (χ0) is 14.6. The first-order chi connectivity index (χ1) is 8.47. The molecule has 1 aromatic rings. The first-order valence-corrected chi connectivity index (χ1v) is 4.67. The lowest BCUT2D eigenvalue weighted by Crippen LogP contribution is -2.37. The molecule has 0 amide bonds. The van der Waals surface area contributed by atoms with Crippen LogP contribution in [0.3, 0.4) is 0 Å². The summed E-state index contributed by atoms with van der Waals surface area (Å²) in [7, 11) is 0. The van der Waals surface area contributed by atoms with Crippen LogP contribution in [0.4, 0.5) is 30.7 Å². The summed E-state index contributed by atoms with van der Waals surface area (Å²) in [5.41, 5.74) is -2.61. The standard InChI is InChI=1S/C10H3F7O2/c11-8(12)5-3-4(7(18)9(13,14)15)1-2-6(5)19-10(8,16)17/h1-3H. The summed E-state index contributed by atoms with van der Waals surface area (Å²) < 4.78 is 92.0. The molecule has 0 saturated carbocycles. The molecule has 1 aliphatic rings. The van der Waals surface area contributed by atoms with Crippen LogP contribution in [0.15, 0.2) is 18.2 Å². The second-order valence-electron chi connectivity index (χ2n) is 3.73. The van der Waals surface area contributed by atoms with Gasteiger partial charge in [-0.2, -0.15) is 30.7 Å². The van der Waals surface area contributed by atoms with Crippen LogP contribution < -0.4 is 4.74 Å². The fourth-order valence-corrected chi connectivity index (χ4v) is 1.53. The summed E-state index contributed by atoms with van der Waals surface area (Å²) in [6.45, 7) is 0. The van der Waals surface area contributed by atoms with Crippen molar-refractivity contribution in [1.29, 1.82) is 0 Å². The van der Waals surface area contributed by atoms with Gasteiger partial charge >= 0.3 is 18.2 Å². The van der Waals surface area contributed by atoms with E-state index in [1.165, 1.54) is 0 Å². The molecule has 0 radical (unpaired) electrons. The van der Waals surface area contributed by atoms with E-state index in [-0.39, 0.29) is 6.07 Å². The number of benzene rings is 1. The Morgan fingerprint density at radius 2 is 1.68 bits per heavy atom. The van der Waals surface area contributed by atoms with E-state index in [9.17, 15) is 35.5 Å². The monoisotopic (exact) mass is 288 g/mol. The third kappa shape index (κ3) is 1.92. The van der Waals surface area contributed by atoms with Crippen molar-refractivity contribution in [3.05, 3.63) is 29.3 Å². The Kier molecular flexibility index (Phi) is 2.59. The van der Waals surface area contributed by atoms with Crippen LogP contribution in [0.25, 0.3) is 0 Å². The Labute approximate surface area is 100 Å². The number of alkyl halides is 7. The third-order valence-electron chi connectivity index (χ3n) is 2.44. The van der Waals surface area contributed by atoms with Crippen LogP contribution in [-0.4, -0.2) is 18.1 Å². The van der Waals surface area contributed by atoms with Crippen molar-refractivity contribution in [3.63, 3.8) is 0 Å². The molecule has 1 heterocycles.